The second-order valence-corrected chi connectivity index (χ2v) is 8.89. The number of hydrogen-bond acceptors (Lipinski definition) is 5. The number of nitrogens with one attached hydrogen (secondary N) is 1. The topological polar surface area (TPSA) is 81.7 Å². The van der Waals surface area contributed by atoms with E-state index in [4.69, 9.17) is 16.3 Å². The molecule has 33 heavy (non-hydrogen) atoms. The summed E-state index contributed by atoms with van der Waals surface area (Å²) >= 11 is 6.29. The molecule has 2 N–H and O–H groups in total. The van der Waals surface area contributed by atoms with Gasteiger partial charge >= 0.3 is 0 Å². The number of H-pyrrole nitrogens is 1. The molecule has 2 aromatic heterocycles. The number of aromatic amines is 1. The second-order valence-electron chi connectivity index (χ2n) is 8.58. The Hall–Kier alpha value is -3.29. The smallest absolute Gasteiger partial charge is 0.274 e. The highest BCUT2D eigenvalue weighted by Crippen LogP contribution is 2.45. The summed E-state index contributed by atoms with van der Waals surface area (Å²) in [6.45, 7) is 1.85. The first-order valence-corrected chi connectivity index (χ1v) is 11.4. The molecule has 1 aliphatic rings. The Morgan fingerprint density at radius 2 is 2.15 bits per heavy atom. The third-order valence-electron chi connectivity index (χ3n) is 6.05. The van der Waals surface area contributed by atoms with E-state index >= 15 is 0 Å². The summed E-state index contributed by atoms with van der Waals surface area (Å²) in [6.07, 6.45) is 1.64. The lowest BCUT2D eigenvalue weighted by molar-refractivity contribution is 0.0984. The average Bonchev–Trinajstić information content (AvgIpc) is 3.40. The van der Waals surface area contributed by atoms with Crippen molar-refractivity contribution >= 4 is 45.0 Å². The number of hydrogen-bond donors (Lipinski definition) is 2. The molecular formula is C25H25ClN4O3. The van der Waals surface area contributed by atoms with Crippen molar-refractivity contribution in [1.29, 1.82) is 0 Å². The Morgan fingerprint density at radius 1 is 1.30 bits per heavy atom. The van der Waals surface area contributed by atoms with Gasteiger partial charge in [0.15, 0.2) is 0 Å². The van der Waals surface area contributed by atoms with Crippen LogP contribution in [0.15, 0.2) is 48.7 Å². The molecule has 0 aliphatic carbocycles. The summed E-state index contributed by atoms with van der Waals surface area (Å²) in [5.74, 6) is 0.969. The summed E-state index contributed by atoms with van der Waals surface area (Å²) in [5, 5.41) is 12.3. The van der Waals surface area contributed by atoms with E-state index in [0.717, 1.165) is 34.1 Å². The number of carbonyl (C=O) groups excluding carboxylic acids is 1. The van der Waals surface area contributed by atoms with Crippen molar-refractivity contribution in [2.45, 2.75) is 5.92 Å². The van der Waals surface area contributed by atoms with Crippen LogP contribution in [0.25, 0.3) is 21.8 Å². The third-order valence-corrected chi connectivity index (χ3v) is 6.43. The maximum Gasteiger partial charge on any atom is 0.274 e. The van der Waals surface area contributed by atoms with E-state index in [1.165, 1.54) is 0 Å². The largest absolute Gasteiger partial charge is 0.506 e. The van der Waals surface area contributed by atoms with Gasteiger partial charge in [0, 0.05) is 53.4 Å². The number of likely N-dealkylation sites (N-methyl/N-ethyl adjacent to an activating group) is 1. The van der Waals surface area contributed by atoms with Gasteiger partial charge < -0.3 is 24.6 Å². The molecule has 0 fully saturated rings. The number of benzene rings is 2. The van der Waals surface area contributed by atoms with Crippen LogP contribution >= 0.6 is 11.6 Å². The van der Waals surface area contributed by atoms with Gasteiger partial charge in [-0.05, 0) is 50.0 Å². The minimum absolute atomic E-state index is 0.0426. The predicted octanol–water partition coefficient (Wildman–Crippen LogP) is 4.34. The zero-order valence-corrected chi connectivity index (χ0v) is 19.3. The molecule has 1 aliphatic heterocycles. The second kappa shape index (κ2) is 8.57. The Balaban J connectivity index is 1.48. The monoisotopic (exact) mass is 464 g/mol. The molecule has 0 bridgehead atoms. The molecule has 0 spiro atoms. The van der Waals surface area contributed by atoms with Crippen molar-refractivity contribution in [2.24, 2.45) is 0 Å². The van der Waals surface area contributed by atoms with Gasteiger partial charge in [-0.15, -0.1) is 11.6 Å². The number of anilines is 1. The van der Waals surface area contributed by atoms with Crippen molar-refractivity contribution in [3.8, 4) is 11.5 Å². The zero-order valence-electron chi connectivity index (χ0n) is 18.5. The van der Waals surface area contributed by atoms with Crippen LogP contribution in [0.3, 0.4) is 0 Å². The fourth-order valence-corrected chi connectivity index (χ4v) is 4.68. The Bertz CT molecular complexity index is 1350. The van der Waals surface area contributed by atoms with Crippen LogP contribution in [0.4, 0.5) is 5.69 Å². The van der Waals surface area contributed by atoms with Gasteiger partial charge in [-0.1, -0.05) is 6.07 Å². The molecule has 2 aromatic carbocycles. The molecule has 8 heteroatoms. The van der Waals surface area contributed by atoms with Gasteiger partial charge in [-0.2, -0.15) is 0 Å². The first-order chi connectivity index (χ1) is 16.0. The number of pyridine rings is 1. The molecule has 1 atom stereocenters. The van der Waals surface area contributed by atoms with E-state index in [2.05, 4.69) is 14.9 Å². The van der Waals surface area contributed by atoms with Gasteiger partial charge in [0.2, 0.25) is 0 Å². The van der Waals surface area contributed by atoms with Crippen LogP contribution in [-0.4, -0.2) is 65.6 Å². The lowest BCUT2D eigenvalue weighted by Crippen LogP contribution is -2.30. The molecule has 4 aromatic rings. The molecule has 0 radical (unpaired) electrons. The highest BCUT2D eigenvalue weighted by molar-refractivity contribution is 6.19. The summed E-state index contributed by atoms with van der Waals surface area (Å²) in [5.41, 5.74) is 3.48. The molecule has 7 nitrogen and oxygen atoms in total. The number of halogens is 1. The van der Waals surface area contributed by atoms with E-state index in [-0.39, 0.29) is 17.6 Å². The van der Waals surface area contributed by atoms with Crippen LogP contribution < -0.4 is 9.64 Å². The van der Waals surface area contributed by atoms with Crippen LogP contribution in [0, 0.1) is 0 Å². The number of fused-ring (bicyclic) bond motifs is 4. The molecule has 0 saturated carbocycles. The van der Waals surface area contributed by atoms with Crippen molar-refractivity contribution < 1.29 is 14.6 Å². The van der Waals surface area contributed by atoms with Gasteiger partial charge in [0.05, 0.1) is 5.69 Å². The summed E-state index contributed by atoms with van der Waals surface area (Å²) in [7, 11) is 4.00. The quantitative estimate of drug-likeness (QED) is 0.415. The van der Waals surface area contributed by atoms with E-state index in [0.29, 0.717) is 35.9 Å². The lowest BCUT2D eigenvalue weighted by atomic mass is 9.98. The number of aromatic nitrogens is 2. The van der Waals surface area contributed by atoms with Crippen LogP contribution in [0.1, 0.15) is 22.0 Å². The van der Waals surface area contributed by atoms with Crippen LogP contribution in [-0.2, 0) is 0 Å². The van der Waals surface area contributed by atoms with Crippen molar-refractivity contribution in [3.63, 3.8) is 0 Å². The van der Waals surface area contributed by atoms with Crippen molar-refractivity contribution in [2.75, 3.05) is 44.6 Å². The summed E-state index contributed by atoms with van der Waals surface area (Å²) in [6, 6.07) is 12.9. The number of alkyl halides is 1. The fourth-order valence-electron chi connectivity index (χ4n) is 4.43. The average molecular weight is 465 g/mol. The first-order valence-electron chi connectivity index (χ1n) is 10.8. The minimum atomic E-state index is -0.169. The fraction of sp³-hybridized carbons (Fsp3) is 0.280. The van der Waals surface area contributed by atoms with E-state index in [9.17, 15) is 9.90 Å². The Kier molecular flexibility index (Phi) is 5.60. The lowest BCUT2D eigenvalue weighted by Gasteiger charge is -2.17. The summed E-state index contributed by atoms with van der Waals surface area (Å²) in [4.78, 5) is 24.8. The molecule has 1 amide bonds. The summed E-state index contributed by atoms with van der Waals surface area (Å²) < 4.78 is 5.82. The molecule has 5 rings (SSSR count). The van der Waals surface area contributed by atoms with Crippen LogP contribution in [0.5, 0.6) is 11.5 Å². The number of carbonyl (C=O) groups is 1. The number of ether oxygens (including phenoxy) is 1. The van der Waals surface area contributed by atoms with Gasteiger partial charge in [-0.25, -0.2) is 0 Å². The number of phenols is 1. The van der Waals surface area contributed by atoms with E-state index < -0.39 is 0 Å². The first kappa shape index (κ1) is 21.6. The van der Waals surface area contributed by atoms with E-state index in [1.54, 1.807) is 17.2 Å². The van der Waals surface area contributed by atoms with Crippen molar-refractivity contribution in [1.82, 2.24) is 14.9 Å². The third kappa shape index (κ3) is 3.87. The SMILES string of the molecule is CN(C)CCOc1ccc2[nH]c(C(=O)N3CC(CCl)c4c3cc(O)c3ncccc43)cc2c1. The number of nitrogens with zero attached hydrogens (tertiary/aromatic N) is 3. The maximum atomic E-state index is 13.5. The normalized spacial score (nSPS) is 15.5. The number of aromatic hydroxyl groups is 1. The van der Waals surface area contributed by atoms with Gasteiger partial charge in [-0.3, -0.25) is 9.78 Å². The minimum Gasteiger partial charge on any atom is -0.506 e. The van der Waals surface area contributed by atoms with E-state index in [1.807, 2.05) is 50.5 Å². The number of phenolic OH excluding ortho intramolecular Hbond substituents is 1. The molecule has 170 valence electrons. The van der Waals surface area contributed by atoms with Crippen molar-refractivity contribution in [3.05, 3.63) is 59.9 Å². The van der Waals surface area contributed by atoms with Gasteiger partial charge in [0.25, 0.3) is 5.91 Å². The molecule has 0 saturated heterocycles. The zero-order chi connectivity index (χ0) is 23.1. The molecule has 1 unspecified atom stereocenters. The maximum absolute atomic E-state index is 13.5. The van der Waals surface area contributed by atoms with Crippen LogP contribution in [0.2, 0.25) is 0 Å². The number of amides is 1. The molecular weight excluding hydrogens is 440 g/mol. The highest BCUT2D eigenvalue weighted by Gasteiger charge is 2.35. The Labute approximate surface area is 196 Å². The molecule has 3 heterocycles. The van der Waals surface area contributed by atoms with Gasteiger partial charge in [0.1, 0.15) is 29.3 Å². The predicted molar refractivity (Wildman–Crippen MR) is 131 cm³/mol. The number of rotatable bonds is 6. The standard InChI is InChI=1S/C25H25ClN4O3/c1-29(2)8-9-33-17-5-6-19-15(10-17)11-20(28-19)25(32)30-14-16(13-26)23-18-4-3-7-27-24(18)22(31)12-21(23)30/h3-7,10-12,16,28,31H,8-9,13-14H2,1-2H3. The highest BCUT2D eigenvalue weighted by atomic mass is 35.5. The Morgan fingerprint density at radius 3 is 2.94 bits per heavy atom.